The summed E-state index contributed by atoms with van der Waals surface area (Å²) in [4.78, 5) is 11.3. The van der Waals surface area contributed by atoms with E-state index in [0.717, 1.165) is 43.3 Å². The van der Waals surface area contributed by atoms with Crippen LogP contribution in [-0.2, 0) is 11.3 Å². The molecule has 1 aromatic heterocycles. The van der Waals surface area contributed by atoms with Gasteiger partial charge in [0, 0.05) is 44.2 Å². The SMILES string of the molecule is CCSC1CCCC(NC(=NC)NCc2ccnc(N3CCOC(C)C3)c2)C1. The molecule has 2 aliphatic rings. The number of aromatic nitrogens is 1. The third kappa shape index (κ3) is 6.27. The highest BCUT2D eigenvalue weighted by molar-refractivity contribution is 7.99. The first-order valence-electron chi connectivity index (χ1n) is 10.6. The normalized spacial score (nSPS) is 26.2. The molecule has 0 amide bonds. The second-order valence-electron chi connectivity index (χ2n) is 7.66. The molecule has 0 aromatic carbocycles. The van der Waals surface area contributed by atoms with Gasteiger partial charge in [0.25, 0.3) is 0 Å². The number of thioether (sulfide) groups is 1. The summed E-state index contributed by atoms with van der Waals surface area (Å²) in [6, 6.07) is 4.77. The smallest absolute Gasteiger partial charge is 0.191 e. The van der Waals surface area contributed by atoms with Crippen molar-refractivity contribution in [2.75, 3.05) is 37.4 Å². The van der Waals surface area contributed by atoms with Gasteiger partial charge in [0.05, 0.1) is 12.7 Å². The first-order valence-corrected chi connectivity index (χ1v) is 11.6. The van der Waals surface area contributed by atoms with Crippen LogP contribution in [0.15, 0.2) is 23.3 Å². The summed E-state index contributed by atoms with van der Waals surface area (Å²) < 4.78 is 5.64. The zero-order valence-corrected chi connectivity index (χ0v) is 18.3. The molecule has 156 valence electrons. The Hall–Kier alpha value is -1.47. The Morgan fingerprint density at radius 2 is 2.32 bits per heavy atom. The van der Waals surface area contributed by atoms with Crippen LogP contribution < -0.4 is 15.5 Å². The molecular weight excluding hydrogens is 370 g/mol. The highest BCUT2D eigenvalue weighted by Crippen LogP contribution is 2.28. The minimum Gasteiger partial charge on any atom is -0.375 e. The van der Waals surface area contributed by atoms with Gasteiger partial charge < -0.3 is 20.3 Å². The highest BCUT2D eigenvalue weighted by Gasteiger charge is 2.22. The first-order chi connectivity index (χ1) is 13.7. The van der Waals surface area contributed by atoms with Crippen LogP contribution in [0.25, 0.3) is 0 Å². The topological polar surface area (TPSA) is 61.8 Å². The lowest BCUT2D eigenvalue weighted by Crippen LogP contribution is -2.45. The molecular formula is C21H35N5OS. The van der Waals surface area contributed by atoms with E-state index >= 15 is 0 Å². The Kier molecular flexibility index (Phi) is 8.27. The number of morpholine rings is 1. The van der Waals surface area contributed by atoms with E-state index in [2.05, 4.69) is 63.3 Å². The predicted octanol–water partition coefficient (Wildman–Crippen LogP) is 3.04. The summed E-state index contributed by atoms with van der Waals surface area (Å²) in [6.45, 7) is 7.67. The lowest BCUT2D eigenvalue weighted by atomic mass is 9.95. The molecule has 1 aliphatic heterocycles. The maximum atomic E-state index is 5.64. The van der Waals surface area contributed by atoms with Crippen molar-refractivity contribution in [1.82, 2.24) is 15.6 Å². The van der Waals surface area contributed by atoms with E-state index in [-0.39, 0.29) is 6.10 Å². The third-order valence-electron chi connectivity index (χ3n) is 5.43. The minimum atomic E-state index is 0.255. The Morgan fingerprint density at radius 3 is 3.11 bits per heavy atom. The fourth-order valence-corrected chi connectivity index (χ4v) is 5.18. The number of nitrogens with one attached hydrogen (secondary N) is 2. The Labute approximate surface area is 173 Å². The van der Waals surface area contributed by atoms with Gasteiger partial charge in [-0.15, -0.1) is 0 Å². The Morgan fingerprint density at radius 1 is 1.43 bits per heavy atom. The zero-order chi connectivity index (χ0) is 19.8. The number of hydrogen-bond donors (Lipinski definition) is 2. The van der Waals surface area contributed by atoms with Crippen molar-refractivity contribution in [1.29, 1.82) is 0 Å². The van der Waals surface area contributed by atoms with Crippen molar-refractivity contribution in [3.05, 3.63) is 23.9 Å². The average molecular weight is 406 g/mol. The fourth-order valence-electron chi connectivity index (χ4n) is 4.01. The average Bonchev–Trinajstić information content (AvgIpc) is 2.72. The molecule has 2 fully saturated rings. The number of anilines is 1. The molecule has 3 unspecified atom stereocenters. The largest absolute Gasteiger partial charge is 0.375 e. The number of nitrogens with zero attached hydrogens (tertiary/aromatic N) is 3. The summed E-state index contributed by atoms with van der Waals surface area (Å²) >= 11 is 2.10. The molecule has 1 saturated carbocycles. The number of pyridine rings is 1. The van der Waals surface area contributed by atoms with E-state index in [4.69, 9.17) is 4.74 Å². The third-order valence-corrected chi connectivity index (χ3v) is 6.66. The maximum absolute atomic E-state index is 5.64. The van der Waals surface area contributed by atoms with Crippen LogP contribution in [0.4, 0.5) is 5.82 Å². The zero-order valence-electron chi connectivity index (χ0n) is 17.5. The molecule has 28 heavy (non-hydrogen) atoms. The lowest BCUT2D eigenvalue weighted by molar-refractivity contribution is 0.0529. The number of hydrogen-bond acceptors (Lipinski definition) is 5. The van der Waals surface area contributed by atoms with Gasteiger partial charge in [0.2, 0.25) is 0 Å². The summed E-state index contributed by atoms with van der Waals surface area (Å²) in [6.07, 6.45) is 7.27. The van der Waals surface area contributed by atoms with Crippen LogP contribution in [0.3, 0.4) is 0 Å². The van der Waals surface area contributed by atoms with E-state index in [1.165, 1.54) is 37.0 Å². The molecule has 2 heterocycles. The van der Waals surface area contributed by atoms with Gasteiger partial charge in [-0.3, -0.25) is 4.99 Å². The second kappa shape index (κ2) is 10.9. The molecule has 1 aliphatic carbocycles. The van der Waals surface area contributed by atoms with Crippen molar-refractivity contribution in [3.8, 4) is 0 Å². The van der Waals surface area contributed by atoms with Crippen LogP contribution in [-0.4, -0.2) is 60.8 Å². The van der Waals surface area contributed by atoms with Gasteiger partial charge in [-0.2, -0.15) is 11.8 Å². The second-order valence-corrected chi connectivity index (χ2v) is 9.24. The van der Waals surface area contributed by atoms with E-state index in [1.54, 1.807) is 0 Å². The standard InChI is InChI=1S/C21H35N5OS/c1-4-28-19-7-5-6-18(13-19)25-21(22-3)24-14-17-8-9-23-20(12-17)26-10-11-27-16(2)15-26/h8-9,12,16,18-19H,4-7,10-11,13-15H2,1-3H3,(H2,22,24,25). The number of guanidine groups is 1. The molecule has 3 rings (SSSR count). The van der Waals surface area contributed by atoms with Crippen LogP contribution in [0, 0.1) is 0 Å². The quantitative estimate of drug-likeness (QED) is 0.560. The molecule has 6 nitrogen and oxygen atoms in total. The highest BCUT2D eigenvalue weighted by atomic mass is 32.2. The molecule has 2 N–H and O–H groups in total. The van der Waals surface area contributed by atoms with Crippen molar-refractivity contribution in [2.24, 2.45) is 4.99 Å². The number of rotatable bonds is 6. The van der Waals surface area contributed by atoms with E-state index in [1.807, 2.05) is 13.2 Å². The van der Waals surface area contributed by atoms with Crippen molar-refractivity contribution < 1.29 is 4.74 Å². The van der Waals surface area contributed by atoms with Crippen LogP contribution in [0.5, 0.6) is 0 Å². The van der Waals surface area contributed by atoms with Gasteiger partial charge in [-0.1, -0.05) is 13.3 Å². The van der Waals surface area contributed by atoms with E-state index in [9.17, 15) is 0 Å². The van der Waals surface area contributed by atoms with Gasteiger partial charge in [-0.25, -0.2) is 4.98 Å². The van der Waals surface area contributed by atoms with Gasteiger partial charge in [-0.05, 0) is 49.6 Å². The molecule has 7 heteroatoms. The molecule has 0 bridgehead atoms. The monoisotopic (exact) mass is 405 g/mol. The van der Waals surface area contributed by atoms with Crippen molar-refractivity contribution >= 4 is 23.5 Å². The Balaban J connectivity index is 1.51. The summed E-state index contributed by atoms with van der Waals surface area (Å²) in [5.41, 5.74) is 1.22. The molecule has 0 spiro atoms. The molecule has 1 aromatic rings. The van der Waals surface area contributed by atoms with Gasteiger partial charge in [0.15, 0.2) is 5.96 Å². The summed E-state index contributed by atoms with van der Waals surface area (Å²) in [7, 11) is 1.85. The Bertz CT molecular complexity index is 639. The summed E-state index contributed by atoms with van der Waals surface area (Å²) in [5, 5.41) is 7.90. The number of aliphatic imine (C=N–C) groups is 1. The first kappa shape index (κ1) is 21.2. The van der Waals surface area contributed by atoms with E-state index in [0.29, 0.717) is 6.04 Å². The van der Waals surface area contributed by atoms with Gasteiger partial charge >= 0.3 is 0 Å². The van der Waals surface area contributed by atoms with Crippen LogP contribution in [0.2, 0.25) is 0 Å². The number of ether oxygens (including phenoxy) is 1. The van der Waals surface area contributed by atoms with Gasteiger partial charge in [0.1, 0.15) is 5.82 Å². The minimum absolute atomic E-state index is 0.255. The van der Waals surface area contributed by atoms with Crippen LogP contribution >= 0.6 is 11.8 Å². The summed E-state index contributed by atoms with van der Waals surface area (Å²) in [5.74, 6) is 3.13. The van der Waals surface area contributed by atoms with E-state index < -0.39 is 0 Å². The molecule has 0 radical (unpaired) electrons. The van der Waals surface area contributed by atoms with Crippen LogP contribution in [0.1, 0.15) is 45.1 Å². The molecule has 3 atom stereocenters. The predicted molar refractivity (Wildman–Crippen MR) is 119 cm³/mol. The fraction of sp³-hybridized carbons (Fsp3) is 0.714. The molecule has 1 saturated heterocycles. The van der Waals surface area contributed by atoms with Crippen molar-refractivity contribution in [2.45, 2.75) is 63.5 Å². The lowest BCUT2D eigenvalue weighted by Gasteiger charge is -2.32. The maximum Gasteiger partial charge on any atom is 0.191 e. The van der Waals surface area contributed by atoms with Crippen molar-refractivity contribution in [3.63, 3.8) is 0 Å².